The van der Waals surface area contributed by atoms with E-state index in [1.807, 2.05) is 0 Å². The fraction of sp³-hybridized carbons (Fsp3) is 0.538. The topological polar surface area (TPSA) is 65.7 Å². The summed E-state index contributed by atoms with van der Waals surface area (Å²) in [4.78, 5) is 24.3. The molecule has 18 heavy (non-hydrogen) atoms. The second-order valence-electron chi connectivity index (χ2n) is 4.34. The van der Waals surface area contributed by atoms with Crippen molar-refractivity contribution in [2.24, 2.45) is 5.41 Å². The zero-order chi connectivity index (χ0) is 13.0. The number of furan rings is 1. The minimum atomic E-state index is -1.21. The van der Waals surface area contributed by atoms with Crippen molar-refractivity contribution >= 4 is 11.8 Å². The van der Waals surface area contributed by atoms with Crippen molar-refractivity contribution in [3.05, 3.63) is 24.2 Å². The Morgan fingerprint density at radius 2 is 2.39 bits per heavy atom. The minimum absolute atomic E-state index is 0.0792. The molecule has 2 rings (SSSR count). The van der Waals surface area contributed by atoms with E-state index in [2.05, 4.69) is 0 Å². The molecule has 5 heteroatoms. The zero-order valence-electron chi connectivity index (χ0n) is 10.3. The van der Waals surface area contributed by atoms with Crippen molar-refractivity contribution < 1.29 is 23.5 Å². The van der Waals surface area contributed by atoms with Crippen LogP contribution >= 0.6 is 0 Å². The third-order valence-electron chi connectivity index (χ3n) is 3.11. The maximum atomic E-state index is 12.1. The van der Waals surface area contributed by atoms with Gasteiger partial charge >= 0.3 is 5.97 Å². The molecule has 98 valence electrons. The summed E-state index contributed by atoms with van der Waals surface area (Å²) in [5.74, 6) is -0.621. The Kier molecular flexibility index (Phi) is 3.81. The van der Waals surface area contributed by atoms with Crippen LogP contribution in [0.4, 0.5) is 0 Å². The summed E-state index contributed by atoms with van der Waals surface area (Å²) in [5.41, 5.74) is -0.417. The molecule has 1 unspecified atom stereocenters. The van der Waals surface area contributed by atoms with Crippen molar-refractivity contribution in [3.8, 4) is 0 Å². The number of esters is 1. The summed E-state index contributed by atoms with van der Waals surface area (Å²) in [5, 5.41) is 0. The number of Topliss-reactive ketones (excluding diaryl/α,β-unsaturated/α-hetero) is 1. The SMILES string of the molecule is CCOC(=O)C1(Cc2ccoc2)COCCC1=O. The molecule has 0 spiro atoms. The highest BCUT2D eigenvalue weighted by molar-refractivity contribution is 6.04. The van der Waals surface area contributed by atoms with E-state index in [4.69, 9.17) is 13.9 Å². The van der Waals surface area contributed by atoms with Crippen molar-refractivity contribution in [1.29, 1.82) is 0 Å². The van der Waals surface area contributed by atoms with Crippen LogP contribution in [0.15, 0.2) is 23.0 Å². The summed E-state index contributed by atoms with van der Waals surface area (Å²) in [7, 11) is 0. The standard InChI is InChI=1S/C13H16O5/c1-2-18-12(15)13(7-10-3-5-16-8-10)9-17-6-4-11(13)14/h3,5,8H,2,4,6-7,9H2,1H3. The maximum Gasteiger partial charge on any atom is 0.322 e. The molecule has 1 aliphatic rings. The molecule has 1 saturated heterocycles. The largest absolute Gasteiger partial charge is 0.472 e. The molecule has 1 atom stereocenters. The molecular weight excluding hydrogens is 236 g/mol. The van der Waals surface area contributed by atoms with Gasteiger partial charge < -0.3 is 13.9 Å². The maximum absolute atomic E-state index is 12.1. The molecule has 5 nitrogen and oxygen atoms in total. The van der Waals surface area contributed by atoms with Crippen LogP contribution in [0.3, 0.4) is 0 Å². The first-order chi connectivity index (χ1) is 8.69. The lowest BCUT2D eigenvalue weighted by molar-refractivity contribution is -0.169. The molecule has 1 aliphatic heterocycles. The molecule has 0 bridgehead atoms. The second-order valence-corrected chi connectivity index (χ2v) is 4.34. The Labute approximate surface area is 105 Å². The summed E-state index contributed by atoms with van der Waals surface area (Å²) >= 11 is 0. The minimum Gasteiger partial charge on any atom is -0.472 e. The van der Waals surface area contributed by atoms with E-state index >= 15 is 0 Å². The van der Waals surface area contributed by atoms with Crippen molar-refractivity contribution in [2.45, 2.75) is 19.8 Å². The van der Waals surface area contributed by atoms with Gasteiger partial charge in [-0.15, -0.1) is 0 Å². The fourth-order valence-electron chi connectivity index (χ4n) is 2.14. The normalized spacial score (nSPS) is 23.9. The van der Waals surface area contributed by atoms with E-state index in [9.17, 15) is 9.59 Å². The molecule has 1 aromatic rings. The molecule has 0 aromatic carbocycles. The predicted molar refractivity (Wildman–Crippen MR) is 61.9 cm³/mol. The van der Waals surface area contributed by atoms with Crippen LogP contribution in [0, 0.1) is 5.41 Å². The second kappa shape index (κ2) is 5.35. The highest BCUT2D eigenvalue weighted by Crippen LogP contribution is 2.31. The number of ether oxygens (including phenoxy) is 2. The third-order valence-corrected chi connectivity index (χ3v) is 3.11. The lowest BCUT2D eigenvalue weighted by Gasteiger charge is -2.32. The first-order valence-electron chi connectivity index (χ1n) is 5.98. The van der Waals surface area contributed by atoms with Gasteiger partial charge in [0.25, 0.3) is 0 Å². The van der Waals surface area contributed by atoms with E-state index in [1.54, 1.807) is 13.0 Å². The van der Waals surface area contributed by atoms with E-state index in [0.717, 1.165) is 5.56 Å². The molecule has 0 N–H and O–H groups in total. The van der Waals surface area contributed by atoms with Crippen molar-refractivity contribution in [2.75, 3.05) is 19.8 Å². The van der Waals surface area contributed by atoms with Gasteiger partial charge in [0.15, 0.2) is 11.2 Å². The zero-order valence-corrected chi connectivity index (χ0v) is 10.3. The van der Waals surface area contributed by atoms with Crippen LogP contribution < -0.4 is 0 Å². The fourth-order valence-corrected chi connectivity index (χ4v) is 2.14. The van der Waals surface area contributed by atoms with E-state index in [1.165, 1.54) is 12.5 Å². The Morgan fingerprint density at radius 1 is 1.56 bits per heavy atom. The summed E-state index contributed by atoms with van der Waals surface area (Å²) < 4.78 is 15.3. The van der Waals surface area contributed by atoms with Crippen LogP contribution in [0.2, 0.25) is 0 Å². The number of carbonyl (C=O) groups excluding carboxylic acids is 2. The van der Waals surface area contributed by atoms with Gasteiger partial charge in [-0.05, 0) is 18.6 Å². The number of hydrogen-bond donors (Lipinski definition) is 0. The smallest absolute Gasteiger partial charge is 0.322 e. The Morgan fingerprint density at radius 3 is 3.00 bits per heavy atom. The van der Waals surface area contributed by atoms with Crippen LogP contribution in [-0.2, 0) is 25.5 Å². The van der Waals surface area contributed by atoms with Gasteiger partial charge in [-0.1, -0.05) is 0 Å². The summed E-state index contributed by atoms with van der Waals surface area (Å²) in [6, 6.07) is 1.74. The summed E-state index contributed by atoms with van der Waals surface area (Å²) in [6.07, 6.45) is 3.56. The van der Waals surface area contributed by atoms with Gasteiger partial charge in [0.1, 0.15) is 0 Å². The monoisotopic (exact) mass is 252 g/mol. The van der Waals surface area contributed by atoms with E-state index in [-0.39, 0.29) is 31.8 Å². The number of ketones is 1. The molecule has 0 saturated carbocycles. The molecule has 1 aromatic heterocycles. The molecule has 0 amide bonds. The highest BCUT2D eigenvalue weighted by Gasteiger charge is 2.49. The van der Waals surface area contributed by atoms with Gasteiger partial charge in [-0.3, -0.25) is 9.59 Å². The van der Waals surface area contributed by atoms with Crippen molar-refractivity contribution in [3.63, 3.8) is 0 Å². The van der Waals surface area contributed by atoms with Gasteiger partial charge in [0.2, 0.25) is 0 Å². The Bertz CT molecular complexity index is 423. The molecular formula is C13H16O5. The van der Waals surface area contributed by atoms with E-state index in [0.29, 0.717) is 6.61 Å². The van der Waals surface area contributed by atoms with Gasteiger partial charge in [0, 0.05) is 12.8 Å². The number of hydrogen-bond acceptors (Lipinski definition) is 5. The van der Waals surface area contributed by atoms with Gasteiger partial charge in [-0.25, -0.2) is 0 Å². The quantitative estimate of drug-likeness (QED) is 0.598. The van der Waals surface area contributed by atoms with E-state index < -0.39 is 11.4 Å². The van der Waals surface area contributed by atoms with Crippen LogP contribution in [-0.4, -0.2) is 31.6 Å². The number of rotatable bonds is 4. The van der Waals surface area contributed by atoms with Gasteiger partial charge in [0.05, 0.1) is 32.3 Å². The van der Waals surface area contributed by atoms with Crippen LogP contribution in [0.25, 0.3) is 0 Å². The van der Waals surface area contributed by atoms with Crippen LogP contribution in [0.5, 0.6) is 0 Å². The number of carbonyl (C=O) groups is 2. The van der Waals surface area contributed by atoms with Crippen LogP contribution in [0.1, 0.15) is 18.9 Å². The van der Waals surface area contributed by atoms with Crippen molar-refractivity contribution in [1.82, 2.24) is 0 Å². The highest BCUT2D eigenvalue weighted by atomic mass is 16.5. The Balaban J connectivity index is 2.26. The lowest BCUT2D eigenvalue weighted by atomic mass is 9.76. The average Bonchev–Trinajstić information content (AvgIpc) is 2.85. The first-order valence-corrected chi connectivity index (χ1v) is 5.98. The summed E-state index contributed by atoms with van der Waals surface area (Å²) in [6.45, 7) is 2.41. The molecule has 2 heterocycles. The first kappa shape index (κ1) is 12.8. The predicted octanol–water partition coefficient (Wildman–Crippen LogP) is 1.36. The average molecular weight is 252 g/mol. The molecule has 1 fully saturated rings. The van der Waals surface area contributed by atoms with Gasteiger partial charge in [-0.2, -0.15) is 0 Å². The lowest BCUT2D eigenvalue weighted by Crippen LogP contribution is -2.49. The third kappa shape index (κ3) is 2.31. The molecule has 0 aliphatic carbocycles. The molecule has 0 radical (unpaired) electrons. The Hall–Kier alpha value is -1.62.